The number of amides is 1. The summed E-state index contributed by atoms with van der Waals surface area (Å²) in [4.78, 5) is 13.9. The lowest BCUT2D eigenvalue weighted by Crippen LogP contribution is -2.36. The third-order valence-corrected chi connectivity index (χ3v) is 3.38. The van der Waals surface area contributed by atoms with Gasteiger partial charge in [0.25, 0.3) is 5.91 Å². The van der Waals surface area contributed by atoms with Crippen molar-refractivity contribution in [3.05, 3.63) is 54.0 Å². The zero-order chi connectivity index (χ0) is 15.9. The zero-order valence-corrected chi connectivity index (χ0v) is 13.2. The minimum Gasteiger partial charge on any atom is -0.484 e. The van der Waals surface area contributed by atoms with E-state index in [1.54, 1.807) is 6.26 Å². The second-order valence-electron chi connectivity index (χ2n) is 5.40. The van der Waals surface area contributed by atoms with Crippen molar-refractivity contribution in [2.24, 2.45) is 0 Å². The first-order valence-corrected chi connectivity index (χ1v) is 7.22. The van der Waals surface area contributed by atoms with Crippen molar-refractivity contribution in [3.8, 4) is 5.75 Å². The van der Waals surface area contributed by atoms with Gasteiger partial charge in [0.1, 0.15) is 11.5 Å². The summed E-state index contributed by atoms with van der Waals surface area (Å²) in [7, 11) is 3.89. The molecule has 1 N–H and O–H groups in total. The highest BCUT2D eigenvalue weighted by Crippen LogP contribution is 2.17. The molecule has 1 amide bonds. The monoisotopic (exact) mass is 302 g/mol. The van der Waals surface area contributed by atoms with Crippen LogP contribution in [0.15, 0.2) is 47.1 Å². The van der Waals surface area contributed by atoms with Gasteiger partial charge in [-0.3, -0.25) is 9.69 Å². The highest BCUT2D eigenvalue weighted by Gasteiger charge is 2.17. The van der Waals surface area contributed by atoms with Gasteiger partial charge in [0, 0.05) is 6.54 Å². The Morgan fingerprint density at radius 1 is 1.27 bits per heavy atom. The maximum Gasteiger partial charge on any atom is 0.258 e. The second kappa shape index (κ2) is 7.66. The largest absolute Gasteiger partial charge is 0.484 e. The molecule has 118 valence electrons. The molecule has 0 saturated carbocycles. The quantitative estimate of drug-likeness (QED) is 0.853. The fraction of sp³-hybridized carbons (Fsp3) is 0.353. The molecule has 0 fully saturated rings. The van der Waals surface area contributed by atoms with Crippen LogP contribution in [0, 0.1) is 6.92 Å². The Balaban J connectivity index is 1.80. The zero-order valence-electron chi connectivity index (χ0n) is 13.2. The predicted octanol–water partition coefficient (Wildman–Crippen LogP) is 2.39. The lowest BCUT2D eigenvalue weighted by atomic mass is 10.2. The van der Waals surface area contributed by atoms with Gasteiger partial charge in [-0.05, 0) is 45.3 Å². The molecule has 0 aliphatic rings. The number of aryl methyl sites for hydroxylation is 1. The molecule has 1 heterocycles. The van der Waals surface area contributed by atoms with Gasteiger partial charge in [0.05, 0.1) is 12.3 Å². The standard InChI is InChI=1S/C17H22N2O3/c1-13-6-8-14(9-7-13)22-12-17(20)18-11-15(19(2)3)16-5-4-10-21-16/h4-10,15H,11-12H2,1-3H3,(H,18,20). The van der Waals surface area contributed by atoms with E-state index in [9.17, 15) is 4.79 Å². The van der Waals surface area contributed by atoms with Crippen molar-refractivity contribution in [1.29, 1.82) is 0 Å². The highest BCUT2D eigenvalue weighted by atomic mass is 16.5. The Morgan fingerprint density at radius 3 is 2.59 bits per heavy atom. The smallest absolute Gasteiger partial charge is 0.258 e. The van der Waals surface area contributed by atoms with Crippen molar-refractivity contribution in [2.45, 2.75) is 13.0 Å². The Bertz CT molecular complexity index is 576. The van der Waals surface area contributed by atoms with Crippen LogP contribution >= 0.6 is 0 Å². The van der Waals surface area contributed by atoms with Crippen LogP contribution in [-0.4, -0.2) is 38.1 Å². The number of furan rings is 1. The Kier molecular flexibility index (Phi) is 5.61. The van der Waals surface area contributed by atoms with Crippen LogP contribution in [-0.2, 0) is 4.79 Å². The maximum atomic E-state index is 11.9. The van der Waals surface area contributed by atoms with Crippen LogP contribution in [0.1, 0.15) is 17.4 Å². The number of nitrogens with one attached hydrogen (secondary N) is 1. The first kappa shape index (κ1) is 16.1. The van der Waals surface area contributed by atoms with Crippen LogP contribution in [0.2, 0.25) is 0 Å². The lowest BCUT2D eigenvalue weighted by molar-refractivity contribution is -0.123. The summed E-state index contributed by atoms with van der Waals surface area (Å²) in [6, 6.07) is 11.4. The first-order valence-electron chi connectivity index (χ1n) is 7.22. The van der Waals surface area contributed by atoms with Gasteiger partial charge in [-0.2, -0.15) is 0 Å². The number of carbonyl (C=O) groups is 1. The SMILES string of the molecule is Cc1ccc(OCC(=O)NCC(c2ccco2)N(C)C)cc1. The molecule has 22 heavy (non-hydrogen) atoms. The predicted molar refractivity (Wildman–Crippen MR) is 84.8 cm³/mol. The number of hydrogen-bond donors (Lipinski definition) is 1. The molecule has 1 aromatic heterocycles. The molecular weight excluding hydrogens is 280 g/mol. The summed E-state index contributed by atoms with van der Waals surface area (Å²) in [6.07, 6.45) is 1.63. The van der Waals surface area contributed by atoms with Crippen LogP contribution in [0.25, 0.3) is 0 Å². The number of carbonyl (C=O) groups excluding carboxylic acids is 1. The van der Waals surface area contributed by atoms with Crippen molar-refractivity contribution < 1.29 is 13.9 Å². The van der Waals surface area contributed by atoms with Crippen LogP contribution in [0.4, 0.5) is 0 Å². The third kappa shape index (κ3) is 4.63. The van der Waals surface area contributed by atoms with Gasteiger partial charge in [-0.1, -0.05) is 17.7 Å². The molecule has 2 rings (SSSR count). The molecular formula is C17H22N2O3. The normalized spacial score (nSPS) is 12.2. The van der Waals surface area contributed by atoms with E-state index in [0.717, 1.165) is 11.3 Å². The molecule has 1 aromatic carbocycles. The molecule has 0 radical (unpaired) electrons. The molecule has 0 bridgehead atoms. The first-order chi connectivity index (χ1) is 10.6. The molecule has 1 atom stereocenters. The fourth-order valence-electron chi connectivity index (χ4n) is 2.06. The summed E-state index contributed by atoms with van der Waals surface area (Å²) >= 11 is 0. The Hall–Kier alpha value is -2.27. The number of hydrogen-bond acceptors (Lipinski definition) is 4. The third-order valence-electron chi connectivity index (χ3n) is 3.38. The van der Waals surface area contributed by atoms with Gasteiger partial charge in [0.15, 0.2) is 6.61 Å². The summed E-state index contributed by atoms with van der Waals surface area (Å²) in [5.74, 6) is 1.36. The van der Waals surface area contributed by atoms with Crippen LogP contribution in [0.3, 0.4) is 0 Å². The van der Waals surface area contributed by atoms with Crippen molar-refractivity contribution in [3.63, 3.8) is 0 Å². The number of nitrogens with zero attached hydrogens (tertiary/aromatic N) is 1. The number of likely N-dealkylation sites (N-methyl/N-ethyl adjacent to an activating group) is 1. The second-order valence-corrected chi connectivity index (χ2v) is 5.40. The van der Waals surface area contributed by atoms with E-state index >= 15 is 0 Å². The van der Waals surface area contributed by atoms with Gasteiger partial charge in [-0.25, -0.2) is 0 Å². The van der Waals surface area contributed by atoms with Crippen LogP contribution < -0.4 is 10.1 Å². The summed E-state index contributed by atoms with van der Waals surface area (Å²) in [6.45, 7) is 2.48. The molecule has 5 nitrogen and oxygen atoms in total. The van der Waals surface area contributed by atoms with E-state index in [-0.39, 0.29) is 18.6 Å². The molecule has 0 aliphatic heterocycles. The molecule has 2 aromatic rings. The number of rotatable bonds is 7. The van der Waals surface area contributed by atoms with E-state index in [4.69, 9.17) is 9.15 Å². The van der Waals surface area contributed by atoms with Crippen molar-refractivity contribution in [2.75, 3.05) is 27.2 Å². The van der Waals surface area contributed by atoms with E-state index in [1.807, 2.05) is 62.3 Å². The van der Waals surface area contributed by atoms with Crippen LogP contribution in [0.5, 0.6) is 5.75 Å². The Morgan fingerprint density at radius 2 is 2.00 bits per heavy atom. The molecule has 0 aliphatic carbocycles. The van der Waals surface area contributed by atoms with E-state index in [0.29, 0.717) is 12.3 Å². The summed E-state index contributed by atoms with van der Waals surface area (Å²) < 4.78 is 10.9. The summed E-state index contributed by atoms with van der Waals surface area (Å²) in [5, 5.41) is 2.87. The van der Waals surface area contributed by atoms with Gasteiger partial charge >= 0.3 is 0 Å². The molecule has 0 saturated heterocycles. The minimum atomic E-state index is -0.154. The van der Waals surface area contributed by atoms with E-state index < -0.39 is 0 Å². The Labute approximate surface area is 130 Å². The summed E-state index contributed by atoms with van der Waals surface area (Å²) in [5.41, 5.74) is 1.16. The van der Waals surface area contributed by atoms with Crippen molar-refractivity contribution in [1.82, 2.24) is 10.2 Å². The fourth-order valence-corrected chi connectivity index (χ4v) is 2.06. The highest BCUT2D eigenvalue weighted by molar-refractivity contribution is 5.77. The van der Waals surface area contributed by atoms with Gasteiger partial charge < -0.3 is 14.5 Å². The number of benzene rings is 1. The molecule has 1 unspecified atom stereocenters. The average molecular weight is 302 g/mol. The molecule has 0 spiro atoms. The maximum absolute atomic E-state index is 11.9. The van der Waals surface area contributed by atoms with Gasteiger partial charge in [0.2, 0.25) is 0 Å². The lowest BCUT2D eigenvalue weighted by Gasteiger charge is -2.22. The minimum absolute atomic E-state index is 0.00135. The topological polar surface area (TPSA) is 54.7 Å². The number of ether oxygens (including phenoxy) is 1. The average Bonchev–Trinajstić information content (AvgIpc) is 3.00. The molecule has 5 heteroatoms. The van der Waals surface area contributed by atoms with Crippen molar-refractivity contribution >= 4 is 5.91 Å². The van der Waals surface area contributed by atoms with Gasteiger partial charge in [-0.15, -0.1) is 0 Å². The van der Waals surface area contributed by atoms with E-state index in [2.05, 4.69) is 5.32 Å². The van der Waals surface area contributed by atoms with E-state index in [1.165, 1.54) is 0 Å².